The summed E-state index contributed by atoms with van der Waals surface area (Å²) >= 11 is 2.65. The third kappa shape index (κ3) is 4.27. The van der Waals surface area contributed by atoms with Crippen LogP contribution < -0.4 is 14.8 Å². The number of ether oxygens (including phenoxy) is 2. The van der Waals surface area contributed by atoms with Crippen molar-refractivity contribution in [3.05, 3.63) is 53.7 Å². The second-order valence-electron chi connectivity index (χ2n) is 7.25. The third-order valence-electron chi connectivity index (χ3n) is 5.02. The molecule has 3 heterocycles. The first-order valence-electron chi connectivity index (χ1n) is 10.3. The van der Waals surface area contributed by atoms with Gasteiger partial charge in [-0.05, 0) is 31.2 Å². The first-order chi connectivity index (χ1) is 16.6. The minimum atomic E-state index is -0.187. The van der Waals surface area contributed by atoms with E-state index in [1.54, 1.807) is 24.8 Å². The fourth-order valence-electron chi connectivity index (χ4n) is 3.48. The van der Waals surface area contributed by atoms with Crippen LogP contribution in [0.3, 0.4) is 0 Å². The van der Waals surface area contributed by atoms with E-state index < -0.39 is 0 Å². The molecule has 0 fully saturated rings. The summed E-state index contributed by atoms with van der Waals surface area (Å²) in [4.78, 5) is 26.4. The normalized spacial score (nSPS) is 11.1. The van der Waals surface area contributed by atoms with Crippen molar-refractivity contribution >= 4 is 50.7 Å². The van der Waals surface area contributed by atoms with Crippen molar-refractivity contribution < 1.29 is 14.3 Å². The lowest BCUT2D eigenvalue weighted by atomic mass is 10.1. The number of amides is 1. The fraction of sp³-hybridized carbons (Fsp3) is 0.174. The Morgan fingerprint density at radius 1 is 1.12 bits per heavy atom. The van der Waals surface area contributed by atoms with Crippen molar-refractivity contribution in [1.82, 2.24) is 24.6 Å². The lowest BCUT2D eigenvalue weighted by Gasteiger charge is -2.08. The summed E-state index contributed by atoms with van der Waals surface area (Å²) in [6, 6.07) is 13.3. The average molecular weight is 493 g/mol. The molecule has 2 aromatic carbocycles. The summed E-state index contributed by atoms with van der Waals surface area (Å²) in [6.07, 6.45) is 0. The molecule has 11 heteroatoms. The van der Waals surface area contributed by atoms with Gasteiger partial charge in [-0.15, -0.1) is 16.4 Å². The number of benzene rings is 2. The molecule has 3 aromatic heterocycles. The largest absolute Gasteiger partial charge is 0.497 e. The van der Waals surface area contributed by atoms with Crippen molar-refractivity contribution in [3.63, 3.8) is 0 Å². The molecule has 34 heavy (non-hydrogen) atoms. The van der Waals surface area contributed by atoms with Gasteiger partial charge in [0.1, 0.15) is 17.3 Å². The van der Waals surface area contributed by atoms with Gasteiger partial charge in [0.2, 0.25) is 5.91 Å². The van der Waals surface area contributed by atoms with Gasteiger partial charge in [0.15, 0.2) is 15.9 Å². The first kappa shape index (κ1) is 22.1. The minimum Gasteiger partial charge on any atom is -0.497 e. The Morgan fingerprint density at radius 2 is 1.97 bits per heavy atom. The maximum Gasteiger partial charge on any atom is 0.236 e. The van der Waals surface area contributed by atoms with Crippen LogP contribution in [0.4, 0.5) is 5.13 Å². The number of carbonyl (C=O) groups is 1. The molecule has 9 nitrogen and oxygen atoms in total. The number of methoxy groups -OCH3 is 2. The minimum absolute atomic E-state index is 0.153. The summed E-state index contributed by atoms with van der Waals surface area (Å²) < 4.78 is 12.4. The number of thioether (sulfide) groups is 1. The molecule has 1 N–H and O–H groups in total. The Bertz CT molecular complexity index is 1510. The second kappa shape index (κ2) is 9.27. The van der Waals surface area contributed by atoms with Gasteiger partial charge in [-0.2, -0.15) is 4.52 Å². The molecule has 0 aliphatic heterocycles. The number of nitrogens with zero attached hydrogens (tertiary/aromatic N) is 5. The van der Waals surface area contributed by atoms with E-state index >= 15 is 0 Å². The van der Waals surface area contributed by atoms with E-state index in [0.29, 0.717) is 33.3 Å². The Labute approximate surface area is 203 Å². The summed E-state index contributed by atoms with van der Waals surface area (Å²) in [7, 11) is 3.20. The van der Waals surface area contributed by atoms with E-state index in [0.717, 1.165) is 22.1 Å². The van der Waals surface area contributed by atoms with Gasteiger partial charge in [-0.25, -0.2) is 15.0 Å². The number of para-hydroxylation sites is 1. The quantitative estimate of drug-likeness (QED) is 0.262. The van der Waals surface area contributed by atoms with Crippen LogP contribution in [0, 0.1) is 6.92 Å². The second-order valence-corrected chi connectivity index (χ2v) is 9.05. The SMILES string of the molecule is COc1ccc(-c2csc(NC(=O)CSc3nc4ccccc4c4nc(C)nn34)n2)c(OC)c1. The van der Waals surface area contributed by atoms with Crippen LogP contribution in [0.25, 0.3) is 27.8 Å². The van der Waals surface area contributed by atoms with Crippen LogP contribution in [0.1, 0.15) is 5.82 Å². The number of aromatic nitrogens is 5. The summed E-state index contributed by atoms with van der Waals surface area (Å²) in [5.41, 5.74) is 3.06. The van der Waals surface area contributed by atoms with E-state index in [1.165, 1.54) is 23.1 Å². The molecule has 0 aliphatic carbocycles. The molecule has 0 aliphatic rings. The molecule has 1 amide bonds. The zero-order chi connectivity index (χ0) is 23.7. The van der Waals surface area contributed by atoms with Crippen molar-refractivity contribution in [2.24, 2.45) is 0 Å². The Kier molecular flexibility index (Phi) is 6.03. The molecular formula is C23H20N6O3S2. The predicted octanol–water partition coefficient (Wildman–Crippen LogP) is 4.46. The van der Waals surface area contributed by atoms with Gasteiger partial charge in [0, 0.05) is 22.4 Å². The number of anilines is 1. The number of rotatable bonds is 7. The number of hydrogen-bond donors (Lipinski definition) is 1. The fourth-order valence-corrected chi connectivity index (χ4v) is 4.95. The maximum absolute atomic E-state index is 12.7. The van der Waals surface area contributed by atoms with E-state index in [-0.39, 0.29) is 11.7 Å². The Balaban J connectivity index is 1.31. The zero-order valence-electron chi connectivity index (χ0n) is 18.6. The number of fused-ring (bicyclic) bond motifs is 3. The lowest BCUT2D eigenvalue weighted by Crippen LogP contribution is -2.14. The molecular weight excluding hydrogens is 472 g/mol. The highest BCUT2D eigenvalue weighted by molar-refractivity contribution is 7.99. The van der Waals surface area contributed by atoms with Gasteiger partial charge in [0.05, 0.1) is 31.2 Å². The topological polar surface area (TPSA) is 104 Å². The molecule has 0 radical (unpaired) electrons. The molecule has 0 saturated heterocycles. The molecule has 5 aromatic rings. The van der Waals surface area contributed by atoms with E-state index in [9.17, 15) is 4.79 Å². The smallest absolute Gasteiger partial charge is 0.236 e. The number of carbonyl (C=O) groups excluding carboxylic acids is 1. The highest BCUT2D eigenvalue weighted by atomic mass is 32.2. The summed E-state index contributed by atoms with van der Waals surface area (Å²) in [6.45, 7) is 1.83. The average Bonchev–Trinajstić information content (AvgIpc) is 3.48. The monoisotopic (exact) mass is 492 g/mol. The highest BCUT2D eigenvalue weighted by Crippen LogP contribution is 2.35. The molecule has 0 bridgehead atoms. The van der Waals surface area contributed by atoms with Crippen LogP contribution in [0.2, 0.25) is 0 Å². The molecule has 5 rings (SSSR count). The molecule has 0 atom stereocenters. The lowest BCUT2D eigenvalue weighted by molar-refractivity contribution is -0.113. The number of thiazole rings is 1. The zero-order valence-corrected chi connectivity index (χ0v) is 20.2. The van der Waals surface area contributed by atoms with Crippen LogP contribution in [0.15, 0.2) is 53.0 Å². The molecule has 0 spiro atoms. The van der Waals surface area contributed by atoms with Crippen molar-refractivity contribution in [1.29, 1.82) is 0 Å². The predicted molar refractivity (Wildman–Crippen MR) is 133 cm³/mol. The van der Waals surface area contributed by atoms with Crippen LogP contribution in [0.5, 0.6) is 11.5 Å². The number of hydrogen-bond acceptors (Lipinski definition) is 9. The van der Waals surface area contributed by atoms with Gasteiger partial charge in [-0.3, -0.25) is 4.79 Å². The highest BCUT2D eigenvalue weighted by Gasteiger charge is 2.16. The Morgan fingerprint density at radius 3 is 2.79 bits per heavy atom. The van der Waals surface area contributed by atoms with Crippen molar-refractivity contribution in [2.75, 3.05) is 25.3 Å². The van der Waals surface area contributed by atoms with E-state index in [4.69, 9.17) is 9.47 Å². The number of aryl methyl sites for hydroxylation is 1. The van der Waals surface area contributed by atoms with Crippen molar-refractivity contribution in [2.45, 2.75) is 12.1 Å². The first-order valence-corrected chi connectivity index (χ1v) is 12.1. The van der Waals surface area contributed by atoms with Gasteiger partial charge >= 0.3 is 0 Å². The standard InChI is InChI=1S/C23H20N6O3S2/c1-13-24-21-16-6-4-5-7-17(16)26-23(29(21)28-13)34-12-20(30)27-22-25-18(11-33-22)15-9-8-14(31-2)10-19(15)32-3/h4-11H,12H2,1-3H3,(H,25,27,30). The molecule has 172 valence electrons. The third-order valence-corrected chi connectivity index (χ3v) is 6.71. The van der Waals surface area contributed by atoms with Crippen LogP contribution in [-0.4, -0.2) is 50.4 Å². The van der Waals surface area contributed by atoms with Gasteiger partial charge in [-0.1, -0.05) is 23.9 Å². The van der Waals surface area contributed by atoms with Gasteiger partial charge in [0.25, 0.3) is 0 Å². The maximum atomic E-state index is 12.7. The summed E-state index contributed by atoms with van der Waals surface area (Å²) in [5.74, 6) is 1.95. The number of nitrogens with one attached hydrogen (secondary N) is 1. The molecule has 0 unspecified atom stereocenters. The van der Waals surface area contributed by atoms with Gasteiger partial charge < -0.3 is 14.8 Å². The van der Waals surface area contributed by atoms with E-state index in [1.807, 2.05) is 48.7 Å². The van der Waals surface area contributed by atoms with Crippen LogP contribution in [-0.2, 0) is 4.79 Å². The summed E-state index contributed by atoms with van der Waals surface area (Å²) in [5, 5.41) is 11.2. The van der Waals surface area contributed by atoms with E-state index in [2.05, 4.69) is 25.4 Å². The molecule has 0 saturated carbocycles. The van der Waals surface area contributed by atoms with Crippen LogP contribution >= 0.6 is 23.1 Å². The Hall–Kier alpha value is -3.70. The van der Waals surface area contributed by atoms with Crippen molar-refractivity contribution in [3.8, 4) is 22.8 Å².